The first kappa shape index (κ1) is 20.9. The minimum absolute atomic E-state index is 0.122. The molecule has 1 aromatic heterocycles. The first-order valence-electron chi connectivity index (χ1n) is 8.68. The summed E-state index contributed by atoms with van der Waals surface area (Å²) in [6.07, 6.45) is 0. The fraction of sp³-hybridized carbons (Fsp3) is 0.368. The zero-order valence-corrected chi connectivity index (χ0v) is 16.2. The molecule has 2 aromatic rings. The van der Waals surface area contributed by atoms with Crippen molar-refractivity contribution in [2.24, 2.45) is 0 Å². The molecule has 0 aliphatic heterocycles. The second kappa shape index (κ2) is 9.54. The van der Waals surface area contributed by atoms with E-state index in [1.54, 1.807) is 32.9 Å². The van der Waals surface area contributed by atoms with Crippen molar-refractivity contribution in [3.05, 3.63) is 46.8 Å². The average Bonchev–Trinajstić information content (AvgIpc) is 2.95. The molecule has 150 valence electrons. The molecule has 0 spiro atoms. The van der Waals surface area contributed by atoms with Gasteiger partial charge in [-0.25, -0.2) is 9.59 Å². The van der Waals surface area contributed by atoms with Gasteiger partial charge < -0.3 is 19.3 Å². The molecule has 1 aromatic carbocycles. The Morgan fingerprint density at radius 3 is 2.61 bits per heavy atom. The number of amides is 3. The number of hydrogen-bond acceptors (Lipinski definition) is 7. The smallest absolute Gasteiger partial charge is 0.338 e. The Labute approximate surface area is 162 Å². The predicted octanol–water partition coefficient (Wildman–Crippen LogP) is 2.26. The summed E-state index contributed by atoms with van der Waals surface area (Å²) in [6.45, 7) is 6.78. The van der Waals surface area contributed by atoms with Crippen molar-refractivity contribution >= 4 is 17.9 Å². The molecule has 28 heavy (non-hydrogen) atoms. The number of nitrogens with zero attached hydrogens (tertiary/aromatic N) is 1. The Kier molecular flexibility index (Phi) is 7.14. The van der Waals surface area contributed by atoms with Crippen LogP contribution in [-0.4, -0.2) is 35.7 Å². The van der Waals surface area contributed by atoms with Crippen LogP contribution in [0.1, 0.15) is 41.2 Å². The van der Waals surface area contributed by atoms with Crippen LogP contribution in [0.15, 0.2) is 28.8 Å². The van der Waals surface area contributed by atoms with E-state index in [1.165, 1.54) is 12.1 Å². The number of carbonyl (C=O) groups excluding carboxylic acids is 3. The molecular weight excluding hydrogens is 366 g/mol. The largest absolute Gasteiger partial charge is 0.489 e. The van der Waals surface area contributed by atoms with Crippen LogP contribution in [-0.2, 0) is 16.1 Å². The summed E-state index contributed by atoms with van der Waals surface area (Å²) in [4.78, 5) is 35.2. The molecule has 0 bridgehead atoms. The molecule has 0 aliphatic rings. The summed E-state index contributed by atoms with van der Waals surface area (Å²) < 4.78 is 15.7. The zero-order chi connectivity index (χ0) is 20.7. The van der Waals surface area contributed by atoms with Crippen LogP contribution in [0, 0.1) is 13.8 Å². The maximum absolute atomic E-state index is 12.1. The molecule has 2 rings (SSSR count). The Bertz CT molecular complexity index is 840. The molecule has 1 heterocycles. The number of urea groups is 1. The summed E-state index contributed by atoms with van der Waals surface area (Å²) in [5.74, 6) is -0.310. The highest BCUT2D eigenvalue weighted by Crippen LogP contribution is 2.19. The molecule has 0 atom stereocenters. The molecule has 3 amide bonds. The van der Waals surface area contributed by atoms with Gasteiger partial charge in [0.1, 0.15) is 18.1 Å². The Morgan fingerprint density at radius 2 is 1.96 bits per heavy atom. The molecule has 0 radical (unpaired) electrons. The zero-order valence-electron chi connectivity index (χ0n) is 16.2. The summed E-state index contributed by atoms with van der Waals surface area (Å²) >= 11 is 0. The number of aryl methyl sites for hydroxylation is 2. The lowest BCUT2D eigenvalue weighted by Gasteiger charge is -2.10. The Hall–Kier alpha value is -3.36. The van der Waals surface area contributed by atoms with E-state index in [9.17, 15) is 14.4 Å². The van der Waals surface area contributed by atoms with Crippen LogP contribution in [0.3, 0.4) is 0 Å². The van der Waals surface area contributed by atoms with Gasteiger partial charge >= 0.3 is 12.0 Å². The fourth-order valence-electron chi connectivity index (χ4n) is 2.25. The maximum atomic E-state index is 12.1. The van der Waals surface area contributed by atoms with Gasteiger partial charge in [0.25, 0.3) is 5.91 Å². The summed E-state index contributed by atoms with van der Waals surface area (Å²) in [7, 11) is 0. The van der Waals surface area contributed by atoms with E-state index in [0.29, 0.717) is 11.5 Å². The molecule has 2 N–H and O–H groups in total. The van der Waals surface area contributed by atoms with Crippen molar-refractivity contribution < 1.29 is 28.4 Å². The van der Waals surface area contributed by atoms with Gasteiger partial charge in [0, 0.05) is 6.04 Å². The third-order valence-electron chi connectivity index (χ3n) is 3.64. The molecule has 0 fully saturated rings. The lowest BCUT2D eigenvalue weighted by atomic mass is 10.2. The van der Waals surface area contributed by atoms with Crippen LogP contribution >= 0.6 is 0 Å². The van der Waals surface area contributed by atoms with Gasteiger partial charge in [0.15, 0.2) is 6.61 Å². The summed E-state index contributed by atoms with van der Waals surface area (Å²) in [5, 5.41) is 8.42. The lowest BCUT2D eigenvalue weighted by Crippen LogP contribution is -2.44. The van der Waals surface area contributed by atoms with Gasteiger partial charge in [-0.1, -0.05) is 11.2 Å². The van der Waals surface area contributed by atoms with Crippen LogP contribution in [0.4, 0.5) is 4.79 Å². The van der Waals surface area contributed by atoms with Crippen LogP contribution in [0.5, 0.6) is 5.75 Å². The van der Waals surface area contributed by atoms with Gasteiger partial charge in [-0.15, -0.1) is 0 Å². The molecular formula is C19H23N3O6. The van der Waals surface area contributed by atoms with Crippen LogP contribution in [0.25, 0.3) is 0 Å². The topological polar surface area (TPSA) is 120 Å². The number of imide groups is 1. The molecule has 9 nitrogen and oxygen atoms in total. The van der Waals surface area contributed by atoms with E-state index in [2.05, 4.69) is 15.8 Å². The minimum Gasteiger partial charge on any atom is -0.489 e. The fourth-order valence-corrected chi connectivity index (χ4v) is 2.25. The monoisotopic (exact) mass is 389 g/mol. The minimum atomic E-state index is -0.725. The first-order chi connectivity index (χ1) is 13.3. The van der Waals surface area contributed by atoms with Crippen molar-refractivity contribution in [1.82, 2.24) is 15.8 Å². The predicted molar refractivity (Wildman–Crippen MR) is 98.8 cm³/mol. The van der Waals surface area contributed by atoms with Crippen LogP contribution < -0.4 is 15.4 Å². The Morgan fingerprint density at radius 1 is 1.21 bits per heavy atom. The van der Waals surface area contributed by atoms with Gasteiger partial charge in [-0.2, -0.15) is 0 Å². The number of carbonyl (C=O) groups is 3. The molecule has 0 saturated carbocycles. The van der Waals surface area contributed by atoms with Gasteiger partial charge in [0.05, 0.1) is 16.8 Å². The summed E-state index contributed by atoms with van der Waals surface area (Å²) in [6, 6.07) is 5.60. The SMILES string of the molecule is Cc1noc(C)c1COc1cccc(C(=O)OCC(=O)NC(=O)NC(C)C)c1. The van der Waals surface area contributed by atoms with E-state index in [4.69, 9.17) is 14.0 Å². The Balaban J connectivity index is 1.87. The van der Waals surface area contributed by atoms with Gasteiger partial charge in [-0.3, -0.25) is 10.1 Å². The highest BCUT2D eigenvalue weighted by molar-refractivity contribution is 5.97. The number of nitrogens with one attached hydrogen (secondary N) is 2. The van der Waals surface area contributed by atoms with Crippen molar-refractivity contribution in [1.29, 1.82) is 0 Å². The first-order valence-corrected chi connectivity index (χ1v) is 8.68. The van der Waals surface area contributed by atoms with Gasteiger partial charge in [-0.05, 0) is 45.9 Å². The standard InChI is InChI=1S/C19H23N3O6/c1-11(2)20-19(25)21-17(23)10-27-18(24)14-6-5-7-15(8-14)26-9-16-12(3)22-28-13(16)4/h5-8,11H,9-10H2,1-4H3,(H2,20,21,23,25). The second-order valence-corrected chi connectivity index (χ2v) is 6.37. The number of aromatic nitrogens is 1. The highest BCUT2D eigenvalue weighted by atomic mass is 16.5. The highest BCUT2D eigenvalue weighted by Gasteiger charge is 2.14. The van der Waals surface area contributed by atoms with E-state index in [1.807, 2.05) is 6.92 Å². The van der Waals surface area contributed by atoms with Crippen molar-refractivity contribution in [2.75, 3.05) is 6.61 Å². The molecule has 0 unspecified atom stereocenters. The average molecular weight is 389 g/mol. The van der Waals surface area contributed by atoms with Gasteiger partial charge in [0.2, 0.25) is 0 Å². The number of rotatable bonds is 7. The lowest BCUT2D eigenvalue weighted by molar-refractivity contribution is -0.123. The molecule has 0 saturated heterocycles. The van der Waals surface area contributed by atoms with E-state index < -0.39 is 24.5 Å². The number of esters is 1. The normalized spacial score (nSPS) is 10.5. The van der Waals surface area contributed by atoms with E-state index in [0.717, 1.165) is 11.3 Å². The molecule has 9 heteroatoms. The quantitative estimate of drug-likeness (QED) is 0.697. The van der Waals surface area contributed by atoms with E-state index >= 15 is 0 Å². The van der Waals surface area contributed by atoms with Crippen LogP contribution in [0.2, 0.25) is 0 Å². The van der Waals surface area contributed by atoms with Crippen molar-refractivity contribution in [2.45, 2.75) is 40.3 Å². The van der Waals surface area contributed by atoms with Crippen molar-refractivity contribution in [3.8, 4) is 5.75 Å². The maximum Gasteiger partial charge on any atom is 0.338 e. The third kappa shape index (κ3) is 6.11. The number of hydrogen-bond donors (Lipinski definition) is 2. The summed E-state index contributed by atoms with van der Waals surface area (Å²) in [5.41, 5.74) is 1.79. The van der Waals surface area contributed by atoms with E-state index in [-0.39, 0.29) is 18.2 Å². The second-order valence-electron chi connectivity index (χ2n) is 6.37. The number of ether oxygens (including phenoxy) is 2. The van der Waals surface area contributed by atoms with Crippen molar-refractivity contribution in [3.63, 3.8) is 0 Å². The number of benzene rings is 1. The molecule has 0 aliphatic carbocycles. The third-order valence-corrected chi connectivity index (χ3v) is 3.64.